The molecule has 1 aromatic rings. The van der Waals surface area contributed by atoms with Gasteiger partial charge in [-0.3, -0.25) is 9.69 Å². The Balaban J connectivity index is 1.83. The maximum Gasteiger partial charge on any atom is 0.392 e. The highest BCUT2D eigenvalue weighted by atomic mass is 19.4. The first-order valence-corrected chi connectivity index (χ1v) is 10.3. The summed E-state index contributed by atoms with van der Waals surface area (Å²) in [5, 5.41) is 0. The molecule has 2 aliphatic heterocycles. The summed E-state index contributed by atoms with van der Waals surface area (Å²) >= 11 is 0. The van der Waals surface area contributed by atoms with Crippen LogP contribution in [0.2, 0.25) is 0 Å². The molecule has 0 bridgehead atoms. The van der Waals surface area contributed by atoms with Crippen molar-refractivity contribution < 1.29 is 27.4 Å². The molecular weight excluding hydrogens is 397 g/mol. The van der Waals surface area contributed by atoms with E-state index in [0.29, 0.717) is 31.0 Å². The molecule has 0 aromatic heterocycles. The summed E-state index contributed by atoms with van der Waals surface area (Å²) in [6.07, 6.45) is -3.85. The van der Waals surface area contributed by atoms with E-state index < -0.39 is 19.2 Å². The van der Waals surface area contributed by atoms with Gasteiger partial charge >= 0.3 is 6.18 Å². The first kappa shape index (κ1) is 22.7. The van der Waals surface area contributed by atoms with Crippen molar-refractivity contribution in [3.05, 3.63) is 23.3 Å². The van der Waals surface area contributed by atoms with Gasteiger partial charge in [0, 0.05) is 13.1 Å². The van der Waals surface area contributed by atoms with Crippen molar-refractivity contribution in [2.75, 3.05) is 33.9 Å². The molecule has 8 heteroatoms. The topological polar surface area (TPSA) is 42.0 Å². The van der Waals surface area contributed by atoms with E-state index in [1.54, 1.807) is 6.07 Å². The van der Waals surface area contributed by atoms with Crippen LogP contribution in [0.5, 0.6) is 11.5 Å². The van der Waals surface area contributed by atoms with Crippen molar-refractivity contribution >= 4 is 5.91 Å². The molecule has 2 heterocycles. The lowest BCUT2D eigenvalue weighted by atomic mass is 9.83. The number of amides is 1. The maximum absolute atomic E-state index is 13.2. The number of carbonyl (C=O) groups is 1. The Hall–Kier alpha value is -1.96. The smallest absolute Gasteiger partial charge is 0.392 e. The Morgan fingerprint density at radius 1 is 1.17 bits per heavy atom. The summed E-state index contributed by atoms with van der Waals surface area (Å²) < 4.78 is 48.1. The van der Waals surface area contributed by atoms with Crippen LogP contribution in [0.15, 0.2) is 12.1 Å². The van der Waals surface area contributed by atoms with Crippen molar-refractivity contribution in [2.45, 2.75) is 58.3 Å². The molecule has 0 saturated carbocycles. The quantitative estimate of drug-likeness (QED) is 0.705. The average molecular weight is 428 g/mol. The number of ether oxygens (including phenoxy) is 2. The monoisotopic (exact) mass is 428 g/mol. The SMILES string of the molecule is COc1cc2c(cc1OCCC(F)(F)F)CCN1C(=O)[C@@H](CC(C)(C)C)N(C)CC21. The zero-order valence-corrected chi connectivity index (χ0v) is 18.3. The first-order chi connectivity index (χ1) is 13.9. The minimum atomic E-state index is -4.27. The minimum absolute atomic E-state index is 0.0427. The van der Waals surface area contributed by atoms with Gasteiger partial charge in [-0.05, 0) is 48.6 Å². The van der Waals surface area contributed by atoms with Gasteiger partial charge in [-0.15, -0.1) is 0 Å². The van der Waals surface area contributed by atoms with Gasteiger partial charge < -0.3 is 14.4 Å². The lowest BCUT2D eigenvalue weighted by Crippen LogP contribution is -2.59. The fourth-order valence-corrected chi connectivity index (χ4v) is 4.32. The van der Waals surface area contributed by atoms with Gasteiger partial charge in [0.2, 0.25) is 5.91 Å². The molecule has 1 fully saturated rings. The second-order valence-electron chi connectivity index (χ2n) is 9.43. The van der Waals surface area contributed by atoms with E-state index in [4.69, 9.17) is 9.47 Å². The number of likely N-dealkylation sites (N-methyl/N-ethyl adjacent to an activating group) is 1. The number of piperazine rings is 1. The summed E-state index contributed by atoms with van der Waals surface area (Å²) in [6, 6.07) is 3.35. The van der Waals surface area contributed by atoms with Gasteiger partial charge in [0.15, 0.2) is 11.5 Å². The summed E-state index contributed by atoms with van der Waals surface area (Å²) in [4.78, 5) is 17.3. The third-order valence-electron chi connectivity index (χ3n) is 5.79. The number of methoxy groups -OCH3 is 1. The van der Waals surface area contributed by atoms with Crippen molar-refractivity contribution in [2.24, 2.45) is 5.41 Å². The fraction of sp³-hybridized carbons (Fsp3) is 0.682. The highest BCUT2D eigenvalue weighted by Crippen LogP contribution is 2.41. The predicted octanol–water partition coefficient (Wildman–Crippen LogP) is 4.20. The number of benzene rings is 1. The van der Waals surface area contributed by atoms with E-state index in [1.807, 2.05) is 18.0 Å². The lowest BCUT2D eigenvalue weighted by molar-refractivity contribution is -0.147. The Morgan fingerprint density at radius 2 is 1.87 bits per heavy atom. The molecule has 168 valence electrons. The average Bonchev–Trinajstić information content (AvgIpc) is 2.62. The third-order valence-corrected chi connectivity index (χ3v) is 5.79. The Kier molecular flexibility index (Phi) is 6.28. The van der Waals surface area contributed by atoms with E-state index in [1.165, 1.54) is 7.11 Å². The van der Waals surface area contributed by atoms with Gasteiger partial charge in [0.25, 0.3) is 0 Å². The van der Waals surface area contributed by atoms with Gasteiger partial charge in [-0.25, -0.2) is 0 Å². The zero-order chi connectivity index (χ0) is 22.3. The first-order valence-electron chi connectivity index (χ1n) is 10.3. The molecule has 0 aliphatic carbocycles. The lowest BCUT2D eigenvalue weighted by Gasteiger charge is -2.48. The summed E-state index contributed by atoms with van der Waals surface area (Å²) in [6.45, 7) is 7.25. The number of halogens is 3. The molecule has 1 saturated heterocycles. The Labute approximate surface area is 176 Å². The van der Waals surface area contributed by atoms with Gasteiger partial charge in [0.1, 0.15) is 0 Å². The number of carbonyl (C=O) groups excluding carboxylic acids is 1. The fourth-order valence-electron chi connectivity index (χ4n) is 4.32. The van der Waals surface area contributed by atoms with Crippen molar-refractivity contribution in [1.29, 1.82) is 0 Å². The molecule has 30 heavy (non-hydrogen) atoms. The Morgan fingerprint density at radius 3 is 2.47 bits per heavy atom. The van der Waals surface area contributed by atoms with Crippen LogP contribution in [0.1, 0.15) is 50.8 Å². The van der Waals surface area contributed by atoms with E-state index in [0.717, 1.165) is 17.5 Å². The normalized spacial score (nSPS) is 22.5. The highest BCUT2D eigenvalue weighted by molar-refractivity contribution is 5.83. The van der Waals surface area contributed by atoms with E-state index in [9.17, 15) is 18.0 Å². The molecular formula is C22H31F3N2O3. The molecule has 1 amide bonds. The van der Waals surface area contributed by atoms with E-state index in [2.05, 4.69) is 25.7 Å². The molecule has 0 radical (unpaired) electrons. The molecule has 3 rings (SSSR count). The number of fused-ring (bicyclic) bond motifs is 3. The molecule has 5 nitrogen and oxygen atoms in total. The number of rotatable bonds is 5. The van der Waals surface area contributed by atoms with Crippen LogP contribution in [-0.2, 0) is 11.2 Å². The van der Waals surface area contributed by atoms with Gasteiger partial charge in [-0.2, -0.15) is 13.2 Å². The van der Waals surface area contributed by atoms with Gasteiger partial charge in [0.05, 0.1) is 32.2 Å². The van der Waals surface area contributed by atoms with Crippen LogP contribution in [0.4, 0.5) is 13.2 Å². The largest absolute Gasteiger partial charge is 0.493 e. The van der Waals surface area contributed by atoms with E-state index >= 15 is 0 Å². The van der Waals surface area contributed by atoms with Crippen LogP contribution in [-0.4, -0.2) is 61.8 Å². The molecule has 1 aromatic carbocycles. The second kappa shape index (κ2) is 8.29. The molecule has 0 spiro atoms. The Bertz CT molecular complexity index is 789. The standard InChI is InChI=1S/C22H31F3N2O3/c1-21(2,3)12-16-20(28)27-8-6-14-10-19(30-9-7-22(23,24)25)18(29-5)11-15(14)17(27)13-26(16)4/h10-11,16-17H,6-9,12-13H2,1-5H3/t16-,17?/m1/s1. The number of hydrogen-bond acceptors (Lipinski definition) is 4. The van der Waals surface area contributed by atoms with Crippen LogP contribution >= 0.6 is 0 Å². The third kappa shape index (κ3) is 5.02. The van der Waals surface area contributed by atoms with Crippen LogP contribution in [0.3, 0.4) is 0 Å². The number of nitrogens with zero attached hydrogens (tertiary/aromatic N) is 2. The van der Waals surface area contributed by atoms with Crippen LogP contribution in [0.25, 0.3) is 0 Å². The maximum atomic E-state index is 13.2. The number of alkyl halides is 3. The van der Waals surface area contributed by atoms with Gasteiger partial charge in [-0.1, -0.05) is 20.8 Å². The second-order valence-corrected chi connectivity index (χ2v) is 9.43. The predicted molar refractivity (Wildman–Crippen MR) is 108 cm³/mol. The molecule has 2 aliphatic rings. The molecule has 1 unspecified atom stereocenters. The summed E-state index contributed by atoms with van der Waals surface area (Å²) in [7, 11) is 3.45. The van der Waals surface area contributed by atoms with E-state index in [-0.39, 0.29) is 23.4 Å². The molecule has 2 atom stereocenters. The minimum Gasteiger partial charge on any atom is -0.493 e. The zero-order valence-electron chi connectivity index (χ0n) is 18.3. The van der Waals surface area contributed by atoms with Crippen molar-refractivity contribution in [3.63, 3.8) is 0 Å². The number of hydrogen-bond donors (Lipinski definition) is 0. The molecule has 0 N–H and O–H groups in total. The van der Waals surface area contributed by atoms with Crippen molar-refractivity contribution in [3.8, 4) is 11.5 Å². The van der Waals surface area contributed by atoms with Crippen LogP contribution in [0, 0.1) is 5.41 Å². The summed E-state index contributed by atoms with van der Waals surface area (Å²) in [5.74, 6) is 0.846. The summed E-state index contributed by atoms with van der Waals surface area (Å²) in [5.41, 5.74) is 2.02. The van der Waals surface area contributed by atoms with Crippen LogP contribution < -0.4 is 9.47 Å². The highest BCUT2D eigenvalue weighted by Gasteiger charge is 2.43. The van der Waals surface area contributed by atoms with Crippen molar-refractivity contribution in [1.82, 2.24) is 9.80 Å².